The second-order valence-electron chi connectivity index (χ2n) is 6.73. The van der Waals surface area contributed by atoms with Crippen LogP contribution in [0, 0.1) is 20.8 Å². The molecule has 0 bridgehead atoms. The van der Waals surface area contributed by atoms with Gasteiger partial charge in [-0.15, -0.1) is 0 Å². The molecule has 0 saturated carbocycles. The van der Waals surface area contributed by atoms with E-state index in [4.69, 9.17) is 5.10 Å². The van der Waals surface area contributed by atoms with Crippen molar-refractivity contribution in [3.8, 4) is 0 Å². The van der Waals surface area contributed by atoms with Gasteiger partial charge in [-0.05, 0) is 33.4 Å². The quantitative estimate of drug-likeness (QED) is 0.810. The fourth-order valence-electron chi connectivity index (χ4n) is 2.97. The van der Waals surface area contributed by atoms with Crippen molar-refractivity contribution in [2.24, 2.45) is 5.10 Å². The van der Waals surface area contributed by atoms with Crippen LogP contribution >= 0.6 is 0 Å². The molecule has 0 spiro atoms. The summed E-state index contributed by atoms with van der Waals surface area (Å²) in [4.78, 5) is 2.34. The molecule has 1 aromatic carbocycles. The maximum Gasteiger partial charge on any atom is 0.0685 e. The van der Waals surface area contributed by atoms with Gasteiger partial charge in [-0.3, -0.25) is 9.69 Å². The third-order valence-electron chi connectivity index (χ3n) is 4.72. The summed E-state index contributed by atoms with van der Waals surface area (Å²) in [6.45, 7) is 11.2. The Bertz CT molecular complexity index is 706. The van der Waals surface area contributed by atoms with E-state index in [-0.39, 0.29) is 0 Å². The van der Waals surface area contributed by atoms with Gasteiger partial charge in [0.1, 0.15) is 0 Å². The van der Waals surface area contributed by atoms with Gasteiger partial charge in [0.05, 0.1) is 18.5 Å². The van der Waals surface area contributed by atoms with E-state index < -0.39 is 0 Å². The largest absolute Gasteiger partial charge is 0.303 e. The molecule has 24 heavy (non-hydrogen) atoms. The molecular weight excluding hydrogens is 298 g/mol. The lowest BCUT2D eigenvalue weighted by molar-refractivity contribution is 0.159. The Morgan fingerprint density at radius 3 is 2.38 bits per heavy atom. The van der Waals surface area contributed by atoms with Gasteiger partial charge in [0.2, 0.25) is 0 Å². The molecule has 1 saturated heterocycles. The molecule has 1 aliphatic rings. The van der Waals surface area contributed by atoms with Crippen molar-refractivity contribution in [1.29, 1.82) is 0 Å². The van der Waals surface area contributed by atoms with E-state index in [1.807, 2.05) is 6.21 Å². The van der Waals surface area contributed by atoms with E-state index in [9.17, 15) is 0 Å². The Balaban J connectivity index is 1.73. The number of nitrogens with zero attached hydrogens (tertiary/aromatic N) is 5. The first-order valence-corrected chi connectivity index (χ1v) is 8.60. The predicted octanol–water partition coefficient (Wildman–Crippen LogP) is 2.44. The average Bonchev–Trinajstić information content (AvgIpc) is 2.83. The second kappa shape index (κ2) is 7.18. The second-order valence-corrected chi connectivity index (χ2v) is 6.73. The topological polar surface area (TPSA) is 36.7 Å². The van der Waals surface area contributed by atoms with E-state index in [1.54, 1.807) is 0 Å². The van der Waals surface area contributed by atoms with E-state index in [1.165, 1.54) is 16.8 Å². The number of hydrazone groups is 1. The molecule has 0 atom stereocenters. The molecule has 0 amide bonds. The van der Waals surface area contributed by atoms with Crippen LogP contribution in [-0.2, 0) is 6.54 Å². The lowest BCUT2D eigenvalue weighted by Gasteiger charge is -2.30. The fraction of sp³-hybridized carbons (Fsp3) is 0.474. The molecule has 1 aromatic heterocycles. The lowest BCUT2D eigenvalue weighted by atomic mass is 10.1. The Hall–Kier alpha value is -2.14. The number of piperazine rings is 1. The zero-order chi connectivity index (χ0) is 17.1. The summed E-state index contributed by atoms with van der Waals surface area (Å²) >= 11 is 0. The number of hydrogen-bond acceptors (Lipinski definition) is 4. The Morgan fingerprint density at radius 1 is 1.04 bits per heavy atom. The van der Waals surface area contributed by atoms with Gasteiger partial charge in [0.25, 0.3) is 0 Å². The summed E-state index contributed by atoms with van der Waals surface area (Å²) in [5, 5.41) is 11.5. The summed E-state index contributed by atoms with van der Waals surface area (Å²) < 4.78 is 2.07. The first-order chi connectivity index (χ1) is 11.5. The fourth-order valence-corrected chi connectivity index (χ4v) is 2.97. The van der Waals surface area contributed by atoms with Gasteiger partial charge >= 0.3 is 0 Å². The minimum atomic E-state index is 0.801. The predicted molar refractivity (Wildman–Crippen MR) is 98.6 cm³/mol. The molecule has 5 heteroatoms. The summed E-state index contributed by atoms with van der Waals surface area (Å²) in [7, 11) is 2.16. The number of benzene rings is 1. The molecule has 1 aliphatic heterocycles. The van der Waals surface area contributed by atoms with Gasteiger partial charge < -0.3 is 4.90 Å². The lowest BCUT2D eigenvalue weighted by Crippen LogP contribution is -2.41. The Labute approximate surface area is 144 Å². The smallest absolute Gasteiger partial charge is 0.0685 e. The molecule has 2 aromatic rings. The van der Waals surface area contributed by atoms with Crippen molar-refractivity contribution in [2.45, 2.75) is 27.3 Å². The van der Waals surface area contributed by atoms with Gasteiger partial charge in [0, 0.05) is 37.4 Å². The van der Waals surface area contributed by atoms with E-state index >= 15 is 0 Å². The third-order valence-corrected chi connectivity index (χ3v) is 4.72. The number of aromatic nitrogens is 2. The molecule has 0 radical (unpaired) electrons. The normalized spacial score (nSPS) is 16.2. The summed E-state index contributed by atoms with van der Waals surface area (Å²) in [6, 6.07) is 8.64. The third kappa shape index (κ3) is 3.85. The van der Waals surface area contributed by atoms with Crippen LogP contribution in [-0.4, -0.2) is 59.1 Å². The van der Waals surface area contributed by atoms with Crippen LogP contribution in [0.5, 0.6) is 0 Å². The molecule has 3 rings (SSSR count). The standard InChI is InChI=1S/C19H27N5/c1-15-5-7-18(8-6-15)14-24-17(3)19(16(2)21-24)13-20-23-11-9-22(4)10-12-23/h5-8,13H,9-12,14H2,1-4H3. The van der Waals surface area contributed by atoms with E-state index in [2.05, 4.69) is 71.8 Å². The highest BCUT2D eigenvalue weighted by molar-refractivity contribution is 5.82. The highest BCUT2D eigenvalue weighted by atomic mass is 15.5. The highest BCUT2D eigenvalue weighted by Crippen LogP contribution is 2.14. The monoisotopic (exact) mass is 325 g/mol. The molecule has 5 nitrogen and oxygen atoms in total. The zero-order valence-electron chi connectivity index (χ0n) is 15.2. The van der Waals surface area contributed by atoms with Crippen LogP contribution in [0.25, 0.3) is 0 Å². The number of aryl methyl sites for hydroxylation is 2. The number of likely N-dealkylation sites (N-methyl/N-ethyl adjacent to an activating group) is 1. The van der Waals surface area contributed by atoms with Gasteiger partial charge in [-0.25, -0.2) is 0 Å². The van der Waals surface area contributed by atoms with Crippen molar-refractivity contribution >= 4 is 6.21 Å². The minimum Gasteiger partial charge on any atom is -0.303 e. The number of rotatable bonds is 4. The summed E-state index contributed by atoms with van der Waals surface area (Å²) in [5.41, 5.74) is 5.91. The van der Waals surface area contributed by atoms with Crippen molar-refractivity contribution in [1.82, 2.24) is 19.7 Å². The molecule has 0 unspecified atom stereocenters. The van der Waals surface area contributed by atoms with Gasteiger partial charge in [-0.2, -0.15) is 10.2 Å². The summed E-state index contributed by atoms with van der Waals surface area (Å²) in [6.07, 6.45) is 1.98. The van der Waals surface area contributed by atoms with Crippen molar-refractivity contribution in [2.75, 3.05) is 33.2 Å². The van der Waals surface area contributed by atoms with Crippen LogP contribution in [0.4, 0.5) is 0 Å². The molecule has 0 aliphatic carbocycles. The first-order valence-electron chi connectivity index (χ1n) is 8.60. The molecular formula is C19H27N5. The molecule has 2 heterocycles. The van der Waals surface area contributed by atoms with Crippen molar-refractivity contribution in [3.05, 3.63) is 52.3 Å². The average molecular weight is 325 g/mol. The van der Waals surface area contributed by atoms with Crippen molar-refractivity contribution < 1.29 is 0 Å². The maximum atomic E-state index is 4.70. The Morgan fingerprint density at radius 2 is 1.71 bits per heavy atom. The molecule has 0 N–H and O–H groups in total. The van der Waals surface area contributed by atoms with E-state index in [0.29, 0.717) is 0 Å². The van der Waals surface area contributed by atoms with Crippen LogP contribution in [0.2, 0.25) is 0 Å². The highest BCUT2D eigenvalue weighted by Gasteiger charge is 2.13. The van der Waals surface area contributed by atoms with Crippen molar-refractivity contribution in [3.63, 3.8) is 0 Å². The maximum absolute atomic E-state index is 4.70. The number of hydrogen-bond donors (Lipinski definition) is 0. The minimum absolute atomic E-state index is 0.801. The van der Waals surface area contributed by atoms with Gasteiger partial charge in [-0.1, -0.05) is 29.8 Å². The Kier molecular flexibility index (Phi) is 5.00. The van der Waals surface area contributed by atoms with E-state index in [0.717, 1.165) is 44.0 Å². The SMILES string of the molecule is Cc1ccc(Cn2nc(C)c(C=NN3CCN(C)CC3)c2C)cc1. The van der Waals surface area contributed by atoms with Crippen LogP contribution in [0.15, 0.2) is 29.4 Å². The molecule has 1 fully saturated rings. The van der Waals surface area contributed by atoms with Gasteiger partial charge in [0.15, 0.2) is 0 Å². The van der Waals surface area contributed by atoms with Crippen LogP contribution in [0.1, 0.15) is 28.1 Å². The first kappa shape index (κ1) is 16.7. The summed E-state index contributed by atoms with van der Waals surface area (Å²) in [5.74, 6) is 0. The zero-order valence-corrected chi connectivity index (χ0v) is 15.2. The van der Waals surface area contributed by atoms with Crippen LogP contribution < -0.4 is 0 Å². The van der Waals surface area contributed by atoms with Crippen LogP contribution in [0.3, 0.4) is 0 Å². The molecule has 128 valence electrons.